The maximum absolute atomic E-state index is 12.5. The summed E-state index contributed by atoms with van der Waals surface area (Å²) in [7, 11) is 3.44. The van der Waals surface area contributed by atoms with Crippen LogP contribution in [0.5, 0.6) is 11.5 Å². The Bertz CT molecular complexity index is 640. The molecule has 1 aromatic rings. The van der Waals surface area contributed by atoms with E-state index in [1.807, 2.05) is 24.9 Å². The monoisotopic (exact) mass is 380 g/mol. The lowest BCUT2D eigenvalue weighted by molar-refractivity contribution is -0.127. The van der Waals surface area contributed by atoms with Crippen molar-refractivity contribution in [2.24, 2.45) is 0 Å². The Morgan fingerprint density at radius 1 is 1.35 bits per heavy atom. The van der Waals surface area contributed by atoms with Crippen molar-refractivity contribution in [1.82, 2.24) is 9.80 Å². The average Bonchev–Trinajstić information content (AvgIpc) is 2.65. The molecule has 6 heteroatoms. The summed E-state index contributed by atoms with van der Waals surface area (Å²) in [5, 5.41) is 0.464. The molecule has 0 aliphatic carbocycles. The van der Waals surface area contributed by atoms with E-state index in [4.69, 9.17) is 21.1 Å². The standard InChI is InChI=1S/C20H29ClN2O3/c1-5-23-11-9-16(10-12-23)22(3)19(24)8-7-15-13-17(21)20(25-4)18(14-15)26-6-2/h7-8,13-14,16H,5-6,9-12H2,1-4H3/b8-7+. The van der Waals surface area contributed by atoms with Gasteiger partial charge < -0.3 is 19.3 Å². The summed E-state index contributed by atoms with van der Waals surface area (Å²) in [6.45, 7) is 7.76. The number of carbonyl (C=O) groups excluding carboxylic acids is 1. The van der Waals surface area contributed by atoms with Crippen LogP contribution in [0.15, 0.2) is 18.2 Å². The highest BCUT2D eigenvalue weighted by atomic mass is 35.5. The number of hydrogen-bond donors (Lipinski definition) is 0. The Hall–Kier alpha value is -1.72. The van der Waals surface area contributed by atoms with Gasteiger partial charge in [-0.25, -0.2) is 0 Å². The second-order valence-corrected chi connectivity index (χ2v) is 6.82. The molecule has 1 aliphatic heterocycles. The van der Waals surface area contributed by atoms with Crippen molar-refractivity contribution < 1.29 is 14.3 Å². The molecule has 0 saturated carbocycles. The Kier molecular flexibility index (Phi) is 7.79. The summed E-state index contributed by atoms with van der Waals surface area (Å²) in [6.07, 6.45) is 5.41. The number of nitrogens with zero attached hydrogens (tertiary/aromatic N) is 2. The third-order valence-electron chi connectivity index (χ3n) is 4.85. The Morgan fingerprint density at radius 2 is 2.04 bits per heavy atom. The normalized spacial score (nSPS) is 16.0. The van der Waals surface area contributed by atoms with Crippen molar-refractivity contribution in [2.45, 2.75) is 32.7 Å². The van der Waals surface area contributed by atoms with Crippen molar-refractivity contribution in [1.29, 1.82) is 0 Å². The van der Waals surface area contributed by atoms with Gasteiger partial charge in [-0.15, -0.1) is 0 Å². The molecule has 0 aromatic heterocycles. The number of ether oxygens (including phenoxy) is 2. The molecule has 144 valence electrons. The number of likely N-dealkylation sites (tertiary alicyclic amines) is 1. The molecule has 1 saturated heterocycles. The van der Waals surface area contributed by atoms with Crippen molar-refractivity contribution in [3.05, 3.63) is 28.8 Å². The van der Waals surface area contributed by atoms with Gasteiger partial charge in [0.15, 0.2) is 11.5 Å². The first kappa shape index (κ1) is 20.6. The lowest BCUT2D eigenvalue weighted by atomic mass is 10.0. The third kappa shape index (κ3) is 5.15. The van der Waals surface area contributed by atoms with Gasteiger partial charge in [0, 0.05) is 32.3 Å². The molecule has 1 aliphatic rings. The average molecular weight is 381 g/mol. The largest absolute Gasteiger partial charge is 0.491 e. The number of rotatable bonds is 7. The molecule has 0 radical (unpaired) electrons. The van der Waals surface area contributed by atoms with E-state index in [1.165, 1.54) is 0 Å². The van der Waals surface area contributed by atoms with E-state index >= 15 is 0 Å². The highest BCUT2D eigenvalue weighted by molar-refractivity contribution is 6.32. The molecule has 0 atom stereocenters. The number of likely N-dealkylation sites (N-methyl/N-ethyl adjacent to an activating group) is 1. The number of amides is 1. The first-order valence-electron chi connectivity index (χ1n) is 9.17. The van der Waals surface area contributed by atoms with Crippen molar-refractivity contribution in [3.63, 3.8) is 0 Å². The second kappa shape index (κ2) is 9.83. The molecule has 2 rings (SSSR count). The van der Waals surface area contributed by atoms with Crippen LogP contribution < -0.4 is 9.47 Å². The van der Waals surface area contributed by atoms with Gasteiger partial charge in [-0.3, -0.25) is 4.79 Å². The Balaban J connectivity index is 2.05. The number of piperidine rings is 1. The van der Waals surface area contributed by atoms with Crippen LogP contribution >= 0.6 is 11.6 Å². The molecule has 1 aromatic carbocycles. The van der Waals surface area contributed by atoms with Gasteiger partial charge in [-0.2, -0.15) is 0 Å². The van der Waals surface area contributed by atoms with Crippen LogP contribution in [0.1, 0.15) is 32.3 Å². The molecule has 1 amide bonds. The zero-order valence-electron chi connectivity index (χ0n) is 16.1. The van der Waals surface area contributed by atoms with E-state index in [1.54, 1.807) is 25.3 Å². The van der Waals surface area contributed by atoms with Crippen LogP contribution in [0.2, 0.25) is 5.02 Å². The summed E-state index contributed by atoms with van der Waals surface area (Å²) in [5.41, 5.74) is 0.807. The number of hydrogen-bond acceptors (Lipinski definition) is 4. The van der Waals surface area contributed by atoms with Crippen molar-refractivity contribution >= 4 is 23.6 Å². The van der Waals surface area contributed by atoms with Gasteiger partial charge in [-0.05, 0) is 50.1 Å². The van der Waals surface area contributed by atoms with Gasteiger partial charge >= 0.3 is 0 Å². The first-order chi connectivity index (χ1) is 12.5. The number of methoxy groups -OCH3 is 1. The second-order valence-electron chi connectivity index (χ2n) is 6.42. The highest BCUT2D eigenvalue weighted by Gasteiger charge is 2.23. The topological polar surface area (TPSA) is 42.0 Å². The van der Waals surface area contributed by atoms with E-state index in [0.29, 0.717) is 29.2 Å². The maximum atomic E-state index is 12.5. The molecule has 0 spiro atoms. The quantitative estimate of drug-likeness (QED) is 0.676. The summed E-state index contributed by atoms with van der Waals surface area (Å²) in [6, 6.07) is 3.90. The zero-order valence-corrected chi connectivity index (χ0v) is 16.9. The molecule has 0 N–H and O–H groups in total. The lowest BCUT2D eigenvalue weighted by Gasteiger charge is -2.35. The number of benzene rings is 1. The van der Waals surface area contributed by atoms with Crippen LogP contribution in [-0.2, 0) is 4.79 Å². The van der Waals surface area contributed by atoms with Gasteiger partial charge in [0.25, 0.3) is 0 Å². The van der Waals surface area contributed by atoms with Crippen LogP contribution in [0.4, 0.5) is 0 Å². The summed E-state index contributed by atoms with van der Waals surface area (Å²) in [5.74, 6) is 1.09. The summed E-state index contributed by atoms with van der Waals surface area (Å²) >= 11 is 6.26. The predicted octanol–water partition coefficient (Wildman–Crippen LogP) is 3.70. The zero-order chi connectivity index (χ0) is 19.1. The van der Waals surface area contributed by atoms with Gasteiger partial charge in [0.2, 0.25) is 5.91 Å². The molecule has 26 heavy (non-hydrogen) atoms. The maximum Gasteiger partial charge on any atom is 0.246 e. The van der Waals surface area contributed by atoms with E-state index in [2.05, 4.69) is 11.8 Å². The van der Waals surface area contributed by atoms with Gasteiger partial charge in [-0.1, -0.05) is 18.5 Å². The molecule has 0 unspecified atom stereocenters. The first-order valence-corrected chi connectivity index (χ1v) is 9.55. The SMILES string of the molecule is CCOc1cc(/C=C/C(=O)N(C)C2CCN(CC)CC2)cc(Cl)c1OC. The predicted molar refractivity (Wildman–Crippen MR) is 106 cm³/mol. The molecule has 1 fully saturated rings. The molecular formula is C20H29ClN2O3. The molecule has 5 nitrogen and oxygen atoms in total. The van der Waals surface area contributed by atoms with E-state index in [-0.39, 0.29) is 5.91 Å². The fourth-order valence-electron chi connectivity index (χ4n) is 3.23. The minimum Gasteiger partial charge on any atom is -0.491 e. The smallest absolute Gasteiger partial charge is 0.246 e. The van der Waals surface area contributed by atoms with Gasteiger partial charge in [0.1, 0.15) is 0 Å². The van der Waals surface area contributed by atoms with Crippen LogP contribution in [-0.4, -0.2) is 62.1 Å². The van der Waals surface area contributed by atoms with Crippen LogP contribution in [0.3, 0.4) is 0 Å². The fourth-order valence-corrected chi connectivity index (χ4v) is 3.53. The number of halogens is 1. The molecule has 1 heterocycles. The van der Waals surface area contributed by atoms with E-state index < -0.39 is 0 Å². The Morgan fingerprint density at radius 3 is 2.62 bits per heavy atom. The van der Waals surface area contributed by atoms with Gasteiger partial charge in [0.05, 0.1) is 18.7 Å². The molecule has 0 bridgehead atoms. The van der Waals surface area contributed by atoms with Crippen molar-refractivity contribution in [3.8, 4) is 11.5 Å². The van der Waals surface area contributed by atoms with Crippen LogP contribution in [0.25, 0.3) is 6.08 Å². The van der Waals surface area contributed by atoms with E-state index in [0.717, 1.165) is 38.0 Å². The minimum atomic E-state index is 0.00449. The number of carbonyl (C=O) groups is 1. The summed E-state index contributed by atoms with van der Waals surface area (Å²) in [4.78, 5) is 16.8. The van der Waals surface area contributed by atoms with Crippen molar-refractivity contribution in [2.75, 3.05) is 40.4 Å². The third-order valence-corrected chi connectivity index (χ3v) is 5.13. The van der Waals surface area contributed by atoms with Crippen LogP contribution in [0, 0.1) is 0 Å². The highest BCUT2D eigenvalue weighted by Crippen LogP contribution is 2.36. The Labute approximate surface area is 161 Å². The minimum absolute atomic E-state index is 0.00449. The fraction of sp³-hybridized carbons (Fsp3) is 0.550. The van der Waals surface area contributed by atoms with E-state index in [9.17, 15) is 4.79 Å². The molecular weight excluding hydrogens is 352 g/mol. The lowest BCUT2D eigenvalue weighted by Crippen LogP contribution is -2.45. The summed E-state index contributed by atoms with van der Waals surface area (Å²) < 4.78 is 10.9.